The topological polar surface area (TPSA) is 70.8 Å². The summed E-state index contributed by atoms with van der Waals surface area (Å²) >= 11 is 0. The van der Waals surface area contributed by atoms with Crippen LogP contribution in [0.1, 0.15) is 37.5 Å². The largest absolute Gasteiger partial charge is 0.489 e. The van der Waals surface area contributed by atoms with Gasteiger partial charge in [0.25, 0.3) is 5.69 Å². The van der Waals surface area contributed by atoms with Crippen molar-refractivity contribution in [2.24, 2.45) is 0 Å². The quantitative estimate of drug-likeness (QED) is 0.610. The van der Waals surface area contributed by atoms with Gasteiger partial charge in [0.05, 0.1) is 11.5 Å². The minimum atomic E-state index is -0.420. The van der Waals surface area contributed by atoms with Crippen LogP contribution in [0.3, 0.4) is 0 Å². The average molecular weight is 343 g/mol. The summed E-state index contributed by atoms with van der Waals surface area (Å²) in [6.07, 6.45) is 0. The predicted octanol–water partition coefficient (Wildman–Crippen LogP) is 4.34. The van der Waals surface area contributed by atoms with Crippen LogP contribution in [0.5, 0.6) is 11.5 Å². The van der Waals surface area contributed by atoms with Gasteiger partial charge in [-0.2, -0.15) is 0 Å². The Balaban J connectivity index is 1.80. The van der Waals surface area contributed by atoms with Gasteiger partial charge >= 0.3 is 0 Å². The lowest BCUT2D eigenvalue weighted by Gasteiger charge is -2.21. The molecular weight excluding hydrogens is 322 g/mol. The molecule has 0 bridgehead atoms. The molecule has 0 N–H and O–H groups in total. The minimum absolute atomic E-state index is 0.00882. The van der Waals surface area contributed by atoms with Crippen molar-refractivity contribution in [3.63, 3.8) is 0 Å². The Morgan fingerprint density at radius 1 is 1.20 bits per heavy atom. The number of hydrogen-bond acceptors (Lipinski definition) is 5. The molecule has 0 atom stereocenters. The van der Waals surface area contributed by atoms with Crippen molar-refractivity contribution < 1.29 is 19.1 Å². The molecule has 0 saturated heterocycles. The van der Waals surface area contributed by atoms with E-state index in [4.69, 9.17) is 14.2 Å². The van der Waals surface area contributed by atoms with Crippen LogP contribution in [-0.4, -0.2) is 11.7 Å². The number of nitrogens with zero attached hydrogens (tertiary/aromatic N) is 1. The summed E-state index contributed by atoms with van der Waals surface area (Å²) in [5.41, 5.74) is 2.61. The number of non-ortho nitro benzene ring substituents is 1. The molecule has 0 aliphatic carbocycles. The molecule has 1 aliphatic heterocycles. The molecule has 0 radical (unpaired) electrons. The standard InChI is InChI=1S/C19H21NO5/c1-19(2,3)15-4-6-17(7-5-15)24-11-14-9-16(20(21)22)8-13-10-23-12-25-18(13)14/h4-9H,10-12H2,1-3H3. The van der Waals surface area contributed by atoms with Gasteiger partial charge in [0.1, 0.15) is 18.1 Å². The molecule has 25 heavy (non-hydrogen) atoms. The first kappa shape index (κ1) is 17.2. The van der Waals surface area contributed by atoms with E-state index < -0.39 is 4.92 Å². The van der Waals surface area contributed by atoms with Crippen molar-refractivity contribution in [1.82, 2.24) is 0 Å². The lowest BCUT2D eigenvalue weighted by atomic mass is 9.87. The van der Waals surface area contributed by atoms with Crippen LogP contribution in [0.4, 0.5) is 5.69 Å². The van der Waals surface area contributed by atoms with Crippen LogP contribution >= 0.6 is 0 Å². The molecule has 2 aromatic rings. The zero-order chi connectivity index (χ0) is 18.0. The van der Waals surface area contributed by atoms with Gasteiger partial charge in [0.2, 0.25) is 0 Å². The Labute approximate surface area is 146 Å². The molecule has 1 heterocycles. The third kappa shape index (κ3) is 3.91. The SMILES string of the molecule is CC(C)(C)c1ccc(OCc2cc([N+](=O)[O-])cc3c2OCOC3)cc1. The van der Waals surface area contributed by atoms with Crippen LogP contribution < -0.4 is 9.47 Å². The van der Waals surface area contributed by atoms with Gasteiger partial charge in [-0.15, -0.1) is 0 Å². The highest BCUT2D eigenvalue weighted by molar-refractivity contribution is 5.50. The summed E-state index contributed by atoms with van der Waals surface area (Å²) in [4.78, 5) is 10.7. The third-order valence-electron chi connectivity index (χ3n) is 4.10. The highest BCUT2D eigenvalue weighted by atomic mass is 16.7. The summed E-state index contributed by atoms with van der Waals surface area (Å²) in [6.45, 7) is 7.08. The first-order chi connectivity index (χ1) is 11.8. The number of rotatable bonds is 4. The zero-order valence-corrected chi connectivity index (χ0v) is 14.6. The Kier molecular flexibility index (Phi) is 4.63. The second kappa shape index (κ2) is 6.72. The highest BCUT2D eigenvalue weighted by Crippen LogP contribution is 2.33. The number of ether oxygens (including phenoxy) is 3. The van der Waals surface area contributed by atoms with Gasteiger partial charge in [0, 0.05) is 23.3 Å². The first-order valence-electron chi connectivity index (χ1n) is 8.08. The number of benzene rings is 2. The molecular formula is C19H21NO5. The average Bonchev–Trinajstić information content (AvgIpc) is 2.59. The summed E-state index contributed by atoms with van der Waals surface area (Å²) in [7, 11) is 0. The monoisotopic (exact) mass is 343 g/mol. The summed E-state index contributed by atoms with van der Waals surface area (Å²) < 4.78 is 16.5. The molecule has 0 spiro atoms. The van der Waals surface area contributed by atoms with Crippen molar-refractivity contribution in [3.05, 3.63) is 63.2 Å². The Morgan fingerprint density at radius 2 is 1.92 bits per heavy atom. The van der Waals surface area contributed by atoms with Gasteiger partial charge in [-0.1, -0.05) is 32.9 Å². The van der Waals surface area contributed by atoms with E-state index in [-0.39, 0.29) is 24.5 Å². The fourth-order valence-electron chi connectivity index (χ4n) is 2.71. The predicted molar refractivity (Wildman–Crippen MR) is 92.9 cm³/mol. The molecule has 6 nitrogen and oxygen atoms in total. The highest BCUT2D eigenvalue weighted by Gasteiger charge is 2.21. The number of fused-ring (bicyclic) bond motifs is 1. The van der Waals surface area contributed by atoms with Crippen LogP contribution in [0.15, 0.2) is 36.4 Å². The summed E-state index contributed by atoms with van der Waals surface area (Å²) in [6, 6.07) is 10.9. The molecule has 0 saturated carbocycles. The van der Waals surface area contributed by atoms with Crippen LogP contribution in [-0.2, 0) is 23.4 Å². The third-order valence-corrected chi connectivity index (χ3v) is 4.10. The lowest BCUT2D eigenvalue weighted by Crippen LogP contribution is -2.14. The zero-order valence-electron chi connectivity index (χ0n) is 14.6. The molecule has 0 unspecified atom stereocenters. The molecule has 2 aromatic carbocycles. The maximum atomic E-state index is 11.1. The van der Waals surface area contributed by atoms with Crippen LogP contribution in [0.2, 0.25) is 0 Å². The number of hydrogen-bond donors (Lipinski definition) is 0. The number of nitro groups is 1. The Bertz CT molecular complexity index is 778. The van der Waals surface area contributed by atoms with Crippen molar-refractivity contribution in [2.75, 3.05) is 6.79 Å². The van der Waals surface area contributed by atoms with E-state index in [1.54, 1.807) is 0 Å². The Morgan fingerprint density at radius 3 is 2.56 bits per heavy atom. The molecule has 0 amide bonds. The van der Waals surface area contributed by atoms with E-state index in [9.17, 15) is 10.1 Å². The van der Waals surface area contributed by atoms with Gasteiger partial charge in [-0.3, -0.25) is 10.1 Å². The minimum Gasteiger partial charge on any atom is -0.489 e. The number of nitro benzene ring substituents is 1. The van der Waals surface area contributed by atoms with Crippen LogP contribution in [0, 0.1) is 10.1 Å². The van der Waals surface area contributed by atoms with Gasteiger partial charge in [-0.05, 0) is 23.1 Å². The summed E-state index contributed by atoms with van der Waals surface area (Å²) in [5, 5.41) is 11.1. The van der Waals surface area contributed by atoms with Crippen molar-refractivity contribution in [2.45, 2.75) is 39.4 Å². The van der Waals surface area contributed by atoms with E-state index in [1.807, 2.05) is 24.3 Å². The molecule has 0 fully saturated rings. The van der Waals surface area contributed by atoms with E-state index in [0.29, 0.717) is 29.2 Å². The van der Waals surface area contributed by atoms with E-state index in [1.165, 1.54) is 17.7 Å². The fourth-order valence-corrected chi connectivity index (χ4v) is 2.71. The van der Waals surface area contributed by atoms with Gasteiger partial charge in [-0.25, -0.2) is 0 Å². The van der Waals surface area contributed by atoms with E-state index >= 15 is 0 Å². The molecule has 1 aliphatic rings. The smallest absolute Gasteiger partial charge is 0.270 e. The normalized spacial score (nSPS) is 13.7. The van der Waals surface area contributed by atoms with Gasteiger partial charge < -0.3 is 14.2 Å². The van der Waals surface area contributed by atoms with E-state index in [0.717, 1.165) is 0 Å². The maximum Gasteiger partial charge on any atom is 0.270 e. The maximum absolute atomic E-state index is 11.1. The van der Waals surface area contributed by atoms with Gasteiger partial charge in [0.15, 0.2) is 6.79 Å². The van der Waals surface area contributed by atoms with Crippen molar-refractivity contribution in [3.8, 4) is 11.5 Å². The molecule has 132 valence electrons. The molecule has 6 heteroatoms. The van der Waals surface area contributed by atoms with Crippen molar-refractivity contribution in [1.29, 1.82) is 0 Å². The second-order valence-corrected chi connectivity index (χ2v) is 7.02. The molecule has 3 rings (SSSR count). The van der Waals surface area contributed by atoms with Crippen molar-refractivity contribution >= 4 is 5.69 Å². The Hall–Kier alpha value is -2.60. The summed E-state index contributed by atoms with van der Waals surface area (Å²) in [5.74, 6) is 1.32. The second-order valence-electron chi connectivity index (χ2n) is 7.02. The van der Waals surface area contributed by atoms with Crippen LogP contribution in [0.25, 0.3) is 0 Å². The first-order valence-corrected chi connectivity index (χ1v) is 8.08. The molecule has 0 aromatic heterocycles. The fraction of sp³-hybridized carbons (Fsp3) is 0.368. The van der Waals surface area contributed by atoms with E-state index in [2.05, 4.69) is 20.8 Å². The lowest BCUT2D eigenvalue weighted by molar-refractivity contribution is -0.385.